The van der Waals surface area contributed by atoms with Gasteiger partial charge in [-0.3, -0.25) is 4.79 Å². The van der Waals surface area contributed by atoms with E-state index in [-0.39, 0.29) is 25.2 Å². The van der Waals surface area contributed by atoms with Gasteiger partial charge in [0.15, 0.2) is 6.61 Å². The van der Waals surface area contributed by atoms with Crippen molar-refractivity contribution in [2.24, 2.45) is 0 Å². The molecule has 1 aromatic rings. The van der Waals surface area contributed by atoms with E-state index >= 15 is 0 Å². The van der Waals surface area contributed by atoms with Crippen molar-refractivity contribution >= 4 is 5.91 Å². The van der Waals surface area contributed by atoms with Crippen molar-refractivity contribution in [3.8, 4) is 5.75 Å². The monoisotopic (exact) mass is 263 g/mol. The fraction of sp³-hybridized carbons (Fsp3) is 0.533. The molecule has 1 fully saturated rings. The van der Waals surface area contributed by atoms with E-state index in [4.69, 9.17) is 4.74 Å². The lowest BCUT2D eigenvalue weighted by Gasteiger charge is -2.23. The van der Waals surface area contributed by atoms with E-state index in [1.807, 2.05) is 32.0 Å². The zero-order valence-corrected chi connectivity index (χ0v) is 11.6. The Morgan fingerprint density at radius 1 is 1.47 bits per heavy atom. The van der Waals surface area contributed by atoms with Crippen molar-refractivity contribution in [2.75, 3.05) is 19.8 Å². The number of aliphatic hydroxyl groups excluding tert-OH is 1. The van der Waals surface area contributed by atoms with Crippen LogP contribution < -0.4 is 4.74 Å². The molecule has 1 heterocycles. The molecule has 19 heavy (non-hydrogen) atoms. The van der Waals surface area contributed by atoms with Crippen LogP contribution in [0.1, 0.15) is 24.0 Å². The first kappa shape index (κ1) is 13.9. The largest absolute Gasteiger partial charge is 0.483 e. The van der Waals surface area contributed by atoms with Crippen LogP contribution in [0.25, 0.3) is 0 Å². The Morgan fingerprint density at radius 3 is 3.00 bits per heavy atom. The van der Waals surface area contributed by atoms with Gasteiger partial charge in [-0.15, -0.1) is 0 Å². The van der Waals surface area contributed by atoms with Gasteiger partial charge in [-0.05, 0) is 43.9 Å². The Morgan fingerprint density at radius 2 is 2.26 bits per heavy atom. The van der Waals surface area contributed by atoms with Crippen LogP contribution in [0.3, 0.4) is 0 Å². The number of benzene rings is 1. The molecule has 4 nitrogen and oxygen atoms in total. The first-order valence-electron chi connectivity index (χ1n) is 6.73. The highest BCUT2D eigenvalue weighted by Gasteiger charge is 2.28. The molecule has 0 bridgehead atoms. The summed E-state index contributed by atoms with van der Waals surface area (Å²) in [6.45, 7) is 4.81. The highest BCUT2D eigenvalue weighted by atomic mass is 16.5. The summed E-state index contributed by atoms with van der Waals surface area (Å²) in [5.74, 6) is 0.713. The lowest BCUT2D eigenvalue weighted by atomic mass is 10.1. The molecule has 1 aliphatic rings. The van der Waals surface area contributed by atoms with E-state index < -0.39 is 0 Å². The summed E-state index contributed by atoms with van der Waals surface area (Å²) < 4.78 is 5.61. The second kappa shape index (κ2) is 6.06. The lowest BCUT2D eigenvalue weighted by Crippen LogP contribution is -2.40. The van der Waals surface area contributed by atoms with Gasteiger partial charge in [-0.2, -0.15) is 0 Å². The third-order valence-corrected chi connectivity index (χ3v) is 3.81. The summed E-state index contributed by atoms with van der Waals surface area (Å²) >= 11 is 0. The smallest absolute Gasteiger partial charge is 0.260 e. The van der Waals surface area contributed by atoms with Gasteiger partial charge in [0, 0.05) is 6.54 Å². The van der Waals surface area contributed by atoms with E-state index in [1.165, 1.54) is 0 Å². The van der Waals surface area contributed by atoms with Crippen LogP contribution in [0.5, 0.6) is 5.75 Å². The molecule has 0 aromatic heterocycles. The number of carbonyl (C=O) groups excluding carboxylic acids is 1. The Bertz CT molecular complexity index is 459. The number of aliphatic hydroxyl groups is 1. The highest BCUT2D eigenvalue weighted by Crippen LogP contribution is 2.21. The topological polar surface area (TPSA) is 49.8 Å². The van der Waals surface area contributed by atoms with Crippen molar-refractivity contribution in [1.82, 2.24) is 4.90 Å². The molecule has 0 spiro atoms. The standard InChI is InChI=1S/C15H21NO3/c1-11-5-3-7-14(12(11)2)19-10-15(18)16-8-4-6-13(16)9-17/h3,5,7,13,17H,4,6,8-10H2,1-2H3/t13-/m0/s1. The average molecular weight is 263 g/mol. The maximum Gasteiger partial charge on any atom is 0.260 e. The number of amides is 1. The Labute approximate surface area is 114 Å². The van der Waals surface area contributed by atoms with E-state index in [0.717, 1.165) is 36.3 Å². The minimum atomic E-state index is -0.0440. The number of likely N-dealkylation sites (tertiary alicyclic amines) is 1. The van der Waals surface area contributed by atoms with Gasteiger partial charge < -0.3 is 14.7 Å². The summed E-state index contributed by atoms with van der Waals surface area (Å²) in [4.78, 5) is 13.8. The van der Waals surface area contributed by atoms with Crippen molar-refractivity contribution in [1.29, 1.82) is 0 Å². The van der Waals surface area contributed by atoms with Crippen molar-refractivity contribution in [2.45, 2.75) is 32.7 Å². The summed E-state index contributed by atoms with van der Waals surface area (Å²) in [6.07, 6.45) is 1.84. The molecule has 4 heteroatoms. The van der Waals surface area contributed by atoms with Gasteiger partial charge in [0.05, 0.1) is 12.6 Å². The minimum absolute atomic E-state index is 0.0327. The second-order valence-corrected chi connectivity index (χ2v) is 5.05. The summed E-state index contributed by atoms with van der Waals surface area (Å²) in [5.41, 5.74) is 2.22. The molecule has 1 amide bonds. The highest BCUT2D eigenvalue weighted by molar-refractivity contribution is 5.78. The number of hydrogen-bond donors (Lipinski definition) is 1. The van der Waals surface area contributed by atoms with Crippen LogP contribution in [-0.4, -0.2) is 41.7 Å². The summed E-state index contributed by atoms with van der Waals surface area (Å²) in [7, 11) is 0. The molecule has 1 atom stereocenters. The summed E-state index contributed by atoms with van der Waals surface area (Å²) in [5, 5.41) is 9.22. The number of nitrogens with zero attached hydrogens (tertiary/aromatic N) is 1. The fourth-order valence-corrected chi connectivity index (χ4v) is 2.46. The van der Waals surface area contributed by atoms with Gasteiger partial charge in [-0.1, -0.05) is 12.1 Å². The molecule has 1 aromatic carbocycles. The van der Waals surface area contributed by atoms with E-state index in [2.05, 4.69) is 0 Å². The molecular formula is C15H21NO3. The van der Waals surface area contributed by atoms with Crippen LogP contribution >= 0.6 is 0 Å². The Balaban J connectivity index is 1.95. The SMILES string of the molecule is Cc1cccc(OCC(=O)N2CCC[C@H]2CO)c1C. The molecule has 2 rings (SSSR count). The molecule has 1 aliphatic heterocycles. The molecular weight excluding hydrogens is 242 g/mol. The third-order valence-electron chi connectivity index (χ3n) is 3.81. The number of hydrogen-bond acceptors (Lipinski definition) is 3. The first-order valence-corrected chi connectivity index (χ1v) is 6.73. The third kappa shape index (κ3) is 3.07. The molecule has 104 valence electrons. The molecule has 0 aliphatic carbocycles. The number of aryl methyl sites for hydroxylation is 1. The molecule has 1 N–H and O–H groups in total. The molecule has 0 saturated carbocycles. The van der Waals surface area contributed by atoms with Crippen LogP contribution in [0.2, 0.25) is 0 Å². The van der Waals surface area contributed by atoms with Crippen molar-refractivity contribution in [3.05, 3.63) is 29.3 Å². The predicted molar refractivity (Wildman–Crippen MR) is 73.2 cm³/mol. The van der Waals surface area contributed by atoms with Crippen molar-refractivity contribution < 1.29 is 14.6 Å². The minimum Gasteiger partial charge on any atom is -0.483 e. The van der Waals surface area contributed by atoms with Gasteiger partial charge in [0.2, 0.25) is 0 Å². The van der Waals surface area contributed by atoms with E-state index in [9.17, 15) is 9.90 Å². The van der Waals surface area contributed by atoms with Crippen LogP contribution in [0.15, 0.2) is 18.2 Å². The zero-order chi connectivity index (χ0) is 13.8. The lowest BCUT2D eigenvalue weighted by molar-refractivity contribution is -0.134. The van der Waals surface area contributed by atoms with Crippen LogP contribution in [0, 0.1) is 13.8 Å². The number of carbonyl (C=O) groups is 1. The molecule has 0 unspecified atom stereocenters. The predicted octanol–water partition coefficient (Wildman–Crippen LogP) is 1.67. The second-order valence-electron chi connectivity index (χ2n) is 5.05. The fourth-order valence-electron chi connectivity index (χ4n) is 2.46. The van der Waals surface area contributed by atoms with E-state index in [0.29, 0.717) is 0 Å². The maximum atomic E-state index is 12.1. The van der Waals surface area contributed by atoms with Gasteiger partial charge in [0.25, 0.3) is 5.91 Å². The number of rotatable bonds is 4. The van der Waals surface area contributed by atoms with Crippen LogP contribution in [0.4, 0.5) is 0 Å². The van der Waals surface area contributed by atoms with Gasteiger partial charge in [0.1, 0.15) is 5.75 Å². The molecule has 0 radical (unpaired) electrons. The van der Waals surface area contributed by atoms with Crippen LogP contribution in [-0.2, 0) is 4.79 Å². The quantitative estimate of drug-likeness (QED) is 0.899. The first-order chi connectivity index (χ1) is 9.13. The summed E-state index contributed by atoms with van der Waals surface area (Å²) in [6, 6.07) is 5.79. The van der Waals surface area contributed by atoms with Crippen molar-refractivity contribution in [3.63, 3.8) is 0 Å². The normalized spacial score (nSPS) is 18.7. The number of ether oxygens (including phenoxy) is 1. The van der Waals surface area contributed by atoms with Gasteiger partial charge >= 0.3 is 0 Å². The Hall–Kier alpha value is -1.55. The van der Waals surface area contributed by atoms with E-state index in [1.54, 1.807) is 4.90 Å². The molecule has 1 saturated heterocycles. The Kier molecular flexibility index (Phi) is 4.43. The van der Waals surface area contributed by atoms with Gasteiger partial charge in [-0.25, -0.2) is 0 Å². The maximum absolute atomic E-state index is 12.1. The zero-order valence-electron chi connectivity index (χ0n) is 11.6. The average Bonchev–Trinajstić information content (AvgIpc) is 2.88.